The fourth-order valence-corrected chi connectivity index (χ4v) is 1.07. The zero-order chi connectivity index (χ0) is 9.84. The van der Waals surface area contributed by atoms with Crippen LogP contribution in [0.1, 0.15) is 16.8 Å². The van der Waals surface area contributed by atoms with Gasteiger partial charge in [0.05, 0.1) is 12.0 Å². The van der Waals surface area contributed by atoms with Gasteiger partial charge in [0.2, 0.25) is 0 Å². The van der Waals surface area contributed by atoms with E-state index in [9.17, 15) is 14.0 Å². The first-order valence-electron chi connectivity index (χ1n) is 3.57. The average Bonchev–Trinajstić information content (AvgIpc) is 2.09. The van der Waals surface area contributed by atoms with Crippen molar-refractivity contribution in [3.63, 3.8) is 0 Å². The molecule has 68 valence electrons. The number of carbonyl (C=O) groups is 2. The molecule has 0 aromatic heterocycles. The number of aldehydes is 1. The molecule has 4 heteroatoms. The molecule has 0 amide bonds. The van der Waals surface area contributed by atoms with Crippen molar-refractivity contribution in [1.82, 2.24) is 0 Å². The molecule has 0 fully saturated rings. The minimum atomic E-state index is -0.656. The third kappa shape index (κ3) is 2.36. The van der Waals surface area contributed by atoms with Crippen molar-refractivity contribution in [3.8, 4) is 0 Å². The zero-order valence-electron chi connectivity index (χ0n) is 6.59. The number of Topliss-reactive ketones (excluding diaryl/α,β-unsaturated/α-hetero) is 1. The highest BCUT2D eigenvalue weighted by Crippen LogP contribution is 2.15. The minimum Gasteiger partial charge on any atom is -0.303 e. The van der Waals surface area contributed by atoms with Gasteiger partial charge in [0.1, 0.15) is 12.1 Å². The molecule has 0 saturated carbocycles. The lowest BCUT2D eigenvalue weighted by Crippen LogP contribution is -2.02. The maximum Gasteiger partial charge on any atom is 0.172 e. The molecule has 13 heavy (non-hydrogen) atoms. The number of ketones is 1. The van der Waals surface area contributed by atoms with Gasteiger partial charge < -0.3 is 4.79 Å². The lowest BCUT2D eigenvalue weighted by molar-refractivity contribution is -0.107. The van der Waals surface area contributed by atoms with Gasteiger partial charge in [-0.25, -0.2) is 4.39 Å². The van der Waals surface area contributed by atoms with Crippen molar-refractivity contribution in [2.45, 2.75) is 6.42 Å². The summed E-state index contributed by atoms with van der Waals surface area (Å²) < 4.78 is 12.9. The molecule has 0 heterocycles. The molecule has 1 rings (SSSR count). The maximum atomic E-state index is 12.9. The molecule has 0 radical (unpaired) electrons. The third-order valence-corrected chi connectivity index (χ3v) is 1.73. The molecular weight excluding hydrogens is 195 g/mol. The van der Waals surface area contributed by atoms with E-state index in [2.05, 4.69) is 0 Å². The summed E-state index contributed by atoms with van der Waals surface area (Å²) in [4.78, 5) is 21.1. The summed E-state index contributed by atoms with van der Waals surface area (Å²) in [6.07, 6.45) is 0.111. The SMILES string of the molecule is O=CCC(=O)c1cc(Cl)ccc1F. The Morgan fingerprint density at radius 3 is 2.85 bits per heavy atom. The number of rotatable bonds is 3. The Bertz CT molecular complexity index is 349. The molecule has 0 unspecified atom stereocenters. The monoisotopic (exact) mass is 200 g/mol. The maximum absolute atomic E-state index is 12.9. The fourth-order valence-electron chi connectivity index (χ4n) is 0.897. The molecule has 1 aromatic carbocycles. The van der Waals surface area contributed by atoms with Crippen LogP contribution in [0.15, 0.2) is 18.2 Å². The summed E-state index contributed by atoms with van der Waals surface area (Å²) in [6, 6.07) is 3.65. The van der Waals surface area contributed by atoms with Gasteiger partial charge in [-0.15, -0.1) is 0 Å². The lowest BCUT2D eigenvalue weighted by Gasteiger charge is -1.99. The molecule has 2 nitrogen and oxygen atoms in total. The van der Waals surface area contributed by atoms with Gasteiger partial charge in [0.15, 0.2) is 5.78 Å². The van der Waals surface area contributed by atoms with Crippen molar-refractivity contribution in [2.75, 3.05) is 0 Å². The van der Waals surface area contributed by atoms with Crippen molar-refractivity contribution < 1.29 is 14.0 Å². The van der Waals surface area contributed by atoms with Crippen LogP contribution in [-0.4, -0.2) is 12.1 Å². The highest BCUT2D eigenvalue weighted by molar-refractivity contribution is 6.31. The van der Waals surface area contributed by atoms with E-state index in [1.807, 2.05) is 0 Å². The van der Waals surface area contributed by atoms with Gasteiger partial charge in [-0.1, -0.05) is 11.6 Å². The quantitative estimate of drug-likeness (QED) is 0.426. The van der Waals surface area contributed by atoms with Crippen molar-refractivity contribution in [3.05, 3.63) is 34.6 Å². The molecule has 0 saturated heterocycles. The molecule has 0 spiro atoms. The van der Waals surface area contributed by atoms with Gasteiger partial charge in [0.25, 0.3) is 0 Å². The highest BCUT2D eigenvalue weighted by Gasteiger charge is 2.10. The van der Waals surface area contributed by atoms with Crippen LogP contribution in [0.25, 0.3) is 0 Å². The van der Waals surface area contributed by atoms with Crippen LogP contribution in [0.5, 0.6) is 0 Å². The summed E-state index contributed by atoms with van der Waals surface area (Å²) in [6.45, 7) is 0. The number of halogens is 2. The molecular formula is C9H6ClFO2. The molecule has 0 atom stereocenters. The Hall–Kier alpha value is -1.22. The molecule has 0 bridgehead atoms. The van der Waals surface area contributed by atoms with Gasteiger partial charge in [-0.2, -0.15) is 0 Å². The summed E-state index contributed by atoms with van der Waals surface area (Å²) in [7, 11) is 0. The Labute approximate surface area is 79.3 Å². The van der Waals surface area contributed by atoms with Crippen LogP contribution in [0.3, 0.4) is 0 Å². The predicted octanol–water partition coefficient (Wildman–Crippen LogP) is 2.25. The van der Waals surface area contributed by atoms with Gasteiger partial charge >= 0.3 is 0 Å². The van der Waals surface area contributed by atoms with Gasteiger partial charge in [-0.05, 0) is 18.2 Å². The standard InChI is InChI=1S/C9H6ClFO2/c10-6-1-2-8(11)7(5-6)9(13)3-4-12/h1-2,4-5H,3H2. The largest absolute Gasteiger partial charge is 0.303 e. The highest BCUT2D eigenvalue weighted by atomic mass is 35.5. The second-order valence-electron chi connectivity index (χ2n) is 2.42. The first-order chi connectivity index (χ1) is 6.15. The molecule has 0 aliphatic heterocycles. The van der Waals surface area contributed by atoms with Crippen molar-refractivity contribution >= 4 is 23.7 Å². The summed E-state index contributed by atoms with van der Waals surface area (Å²) in [5.41, 5.74) is -0.139. The van der Waals surface area contributed by atoms with E-state index < -0.39 is 11.6 Å². The Balaban J connectivity index is 3.05. The number of benzene rings is 1. The number of carbonyl (C=O) groups excluding carboxylic acids is 2. The van der Waals surface area contributed by atoms with Crippen LogP contribution >= 0.6 is 11.6 Å². The topological polar surface area (TPSA) is 34.1 Å². The molecule has 0 aliphatic carbocycles. The first-order valence-corrected chi connectivity index (χ1v) is 3.95. The fraction of sp³-hybridized carbons (Fsp3) is 0.111. The van der Waals surface area contributed by atoms with E-state index in [1.165, 1.54) is 12.1 Å². The van der Waals surface area contributed by atoms with E-state index in [4.69, 9.17) is 11.6 Å². The van der Waals surface area contributed by atoms with Crippen LogP contribution < -0.4 is 0 Å². The molecule has 0 aliphatic rings. The smallest absolute Gasteiger partial charge is 0.172 e. The Morgan fingerprint density at radius 2 is 2.23 bits per heavy atom. The van der Waals surface area contributed by atoms with E-state index in [-0.39, 0.29) is 17.0 Å². The second kappa shape index (κ2) is 4.14. The molecule has 1 aromatic rings. The number of hydrogen-bond donors (Lipinski definition) is 0. The third-order valence-electron chi connectivity index (χ3n) is 1.50. The van der Waals surface area contributed by atoms with Crippen LogP contribution in [0.4, 0.5) is 4.39 Å². The lowest BCUT2D eigenvalue weighted by atomic mass is 10.1. The van der Waals surface area contributed by atoms with E-state index in [0.29, 0.717) is 6.29 Å². The molecule has 0 N–H and O–H groups in total. The van der Waals surface area contributed by atoms with Crippen LogP contribution in [-0.2, 0) is 4.79 Å². The zero-order valence-corrected chi connectivity index (χ0v) is 7.34. The Kier molecular flexibility index (Phi) is 3.14. The average molecular weight is 201 g/mol. The Morgan fingerprint density at radius 1 is 1.54 bits per heavy atom. The van der Waals surface area contributed by atoms with Crippen LogP contribution in [0.2, 0.25) is 5.02 Å². The second-order valence-corrected chi connectivity index (χ2v) is 2.85. The van der Waals surface area contributed by atoms with Crippen LogP contribution in [0, 0.1) is 5.82 Å². The van der Waals surface area contributed by atoms with E-state index in [0.717, 1.165) is 6.07 Å². The number of hydrogen-bond acceptors (Lipinski definition) is 2. The normalized spacial score (nSPS) is 9.69. The predicted molar refractivity (Wildman–Crippen MR) is 46.4 cm³/mol. The van der Waals surface area contributed by atoms with E-state index >= 15 is 0 Å². The summed E-state index contributed by atoms with van der Waals surface area (Å²) in [5, 5.41) is 0.274. The minimum absolute atomic E-state index is 0.139. The van der Waals surface area contributed by atoms with Crippen molar-refractivity contribution in [1.29, 1.82) is 0 Å². The van der Waals surface area contributed by atoms with Gasteiger partial charge in [-0.3, -0.25) is 4.79 Å². The van der Waals surface area contributed by atoms with Crippen molar-refractivity contribution in [2.24, 2.45) is 0 Å². The summed E-state index contributed by atoms with van der Waals surface area (Å²) in [5.74, 6) is -1.22. The van der Waals surface area contributed by atoms with E-state index in [1.54, 1.807) is 0 Å². The van der Waals surface area contributed by atoms with Gasteiger partial charge in [0, 0.05) is 5.02 Å². The summed E-state index contributed by atoms with van der Waals surface area (Å²) >= 11 is 5.55. The first kappa shape index (κ1) is 9.86.